The van der Waals surface area contributed by atoms with Crippen molar-refractivity contribution < 1.29 is 9.21 Å². The second kappa shape index (κ2) is 6.45. The predicted octanol–water partition coefficient (Wildman–Crippen LogP) is 2.87. The third kappa shape index (κ3) is 3.72. The molecule has 0 radical (unpaired) electrons. The van der Waals surface area contributed by atoms with Crippen LogP contribution in [-0.4, -0.2) is 36.5 Å². The lowest BCUT2D eigenvalue weighted by Crippen LogP contribution is -2.47. The second-order valence-electron chi connectivity index (χ2n) is 7.54. The van der Waals surface area contributed by atoms with E-state index in [-0.39, 0.29) is 23.8 Å². The Kier molecular flexibility index (Phi) is 4.57. The quantitative estimate of drug-likeness (QED) is 0.910. The van der Waals surface area contributed by atoms with E-state index in [1.807, 2.05) is 12.1 Å². The van der Waals surface area contributed by atoms with E-state index in [0.29, 0.717) is 0 Å². The van der Waals surface area contributed by atoms with Crippen LogP contribution in [0.25, 0.3) is 0 Å². The third-order valence-electron chi connectivity index (χ3n) is 4.90. The minimum atomic E-state index is 0.104. The predicted molar refractivity (Wildman–Crippen MR) is 86.5 cm³/mol. The molecule has 1 aliphatic carbocycles. The summed E-state index contributed by atoms with van der Waals surface area (Å²) in [4.78, 5) is 14.8. The van der Waals surface area contributed by atoms with Gasteiger partial charge in [-0.2, -0.15) is 0 Å². The zero-order chi connectivity index (χ0) is 15.7. The van der Waals surface area contributed by atoms with Crippen LogP contribution in [0.4, 0.5) is 0 Å². The third-order valence-corrected chi connectivity index (χ3v) is 4.90. The van der Waals surface area contributed by atoms with Crippen LogP contribution in [0.2, 0.25) is 0 Å². The van der Waals surface area contributed by atoms with Crippen LogP contribution >= 0.6 is 0 Å². The number of piperidine rings is 1. The maximum Gasteiger partial charge on any atom is 0.224 e. The van der Waals surface area contributed by atoms with Gasteiger partial charge in [0, 0.05) is 37.5 Å². The number of rotatable bonds is 5. The van der Waals surface area contributed by atoms with Gasteiger partial charge in [-0.05, 0) is 43.7 Å². The van der Waals surface area contributed by atoms with Gasteiger partial charge in [0.1, 0.15) is 5.76 Å². The number of hydrogen-bond acceptors (Lipinski definition) is 3. The van der Waals surface area contributed by atoms with Crippen LogP contribution in [0.3, 0.4) is 0 Å². The fourth-order valence-corrected chi connectivity index (χ4v) is 4.03. The molecule has 1 aliphatic heterocycles. The monoisotopic (exact) mass is 304 g/mol. The topological polar surface area (TPSA) is 45.5 Å². The Balaban J connectivity index is 1.44. The van der Waals surface area contributed by atoms with Gasteiger partial charge in [0.2, 0.25) is 5.91 Å². The van der Waals surface area contributed by atoms with Crippen molar-refractivity contribution in [3.8, 4) is 0 Å². The van der Waals surface area contributed by atoms with Crippen LogP contribution in [0.1, 0.15) is 45.3 Å². The lowest BCUT2D eigenvalue weighted by molar-refractivity contribution is -0.123. The van der Waals surface area contributed by atoms with Gasteiger partial charge in [0.15, 0.2) is 0 Å². The molecule has 1 saturated carbocycles. The van der Waals surface area contributed by atoms with E-state index in [0.717, 1.165) is 43.7 Å². The van der Waals surface area contributed by atoms with Crippen LogP contribution in [0, 0.1) is 17.8 Å². The van der Waals surface area contributed by atoms with Gasteiger partial charge in [-0.3, -0.25) is 4.79 Å². The Bertz CT molecular complexity index is 489. The minimum Gasteiger partial charge on any atom is -0.469 e. The molecule has 5 atom stereocenters. The Hall–Kier alpha value is -1.29. The van der Waals surface area contributed by atoms with Crippen molar-refractivity contribution in [3.63, 3.8) is 0 Å². The molecule has 1 aromatic rings. The molecule has 4 heteroatoms. The van der Waals surface area contributed by atoms with Crippen molar-refractivity contribution in [2.75, 3.05) is 19.6 Å². The molecule has 3 rings (SSSR count). The normalized spacial score (nSPS) is 33.4. The Morgan fingerprint density at radius 2 is 2.09 bits per heavy atom. The molecule has 5 unspecified atom stereocenters. The second-order valence-corrected chi connectivity index (χ2v) is 7.54. The number of carbonyl (C=O) groups excluding carboxylic acids is 1. The van der Waals surface area contributed by atoms with E-state index in [1.165, 1.54) is 6.42 Å². The molecule has 1 amide bonds. The molecule has 1 N–H and O–H groups in total. The first kappa shape index (κ1) is 15.6. The molecule has 122 valence electrons. The molecule has 2 fully saturated rings. The Morgan fingerprint density at radius 3 is 2.73 bits per heavy atom. The summed E-state index contributed by atoms with van der Waals surface area (Å²) in [6.07, 6.45) is 3.93. The average molecular weight is 304 g/mol. The molecule has 4 nitrogen and oxygen atoms in total. The zero-order valence-electron chi connectivity index (χ0n) is 13.9. The number of hydrogen-bond donors (Lipinski definition) is 1. The highest BCUT2D eigenvalue weighted by molar-refractivity contribution is 5.82. The largest absolute Gasteiger partial charge is 0.469 e. The van der Waals surface area contributed by atoms with Gasteiger partial charge in [-0.1, -0.05) is 13.8 Å². The number of furan rings is 1. The van der Waals surface area contributed by atoms with E-state index < -0.39 is 0 Å². The van der Waals surface area contributed by atoms with Gasteiger partial charge in [-0.25, -0.2) is 0 Å². The molecule has 22 heavy (non-hydrogen) atoms. The van der Waals surface area contributed by atoms with Crippen molar-refractivity contribution >= 4 is 5.91 Å². The highest BCUT2D eigenvalue weighted by atomic mass is 16.3. The summed E-state index contributed by atoms with van der Waals surface area (Å²) in [5.41, 5.74) is 0. The highest BCUT2D eigenvalue weighted by Gasteiger charge is 2.46. The van der Waals surface area contributed by atoms with Crippen LogP contribution in [-0.2, 0) is 4.79 Å². The van der Waals surface area contributed by atoms with E-state index in [4.69, 9.17) is 4.42 Å². The maximum atomic E-state index is 12.3. The van der Waals surface area contributed by atoms with Crippen LogP contribution in [0.5, 0.6) is 0 Å². The van der Waals surface area contributed by atoms with Crippen LogP contribution < -0.4 is 5.32 Å². The summed E-state index contributed by atoms with van der Waals surface area (Å²) < 4.78 is 5.40. The molecule has 1 saturated heterocycles. The maximum absolute atomic E-state index is 12.3. The molecule has 0 aromatic carbocycles. The fourth-order valence-electron chi connectivity index (χ4n) is 4.03. The van der Waals surface area contributed by atoms with Crippen molar-refractivity contribution in [3.05, 3.63) is 24.2 Å². The molecular formula is C18H28N2O2. The van der Waals surface area contributed by atoms with Crippen molar-refractivity contribution in [2.24, 2.45) is 17.8 Å². The highest BCUT2D eigenvalue weighted by Crippen LogP contribution is 2.47. The lowest BCUT2D eigenvalue weighted by Gasteiger charge is -2.36. The summed E-state index contributed by atoms with van der Waals surface area (Å²) in [5, 5.41) is 3.19. The van der Waals surface area contributed by atoms with Crippen molar-refractivity contribution in [1.82, 2.24) is 10.2 Å². The number of carbonyl (C=O) groups is 1. The average Bonchev–Trinajstić information content (AvgIpc) is 3.04. The lowest BCUT2D eigenvalue weighted by atomic mass is 9.92. The summed E-state index contributed by atoms with van der Waals surface area (Å²) in [7, 11) is 0. The number of amides is 1. The van der Waals surface area contributed by atoms with E-state index >= 15 is 0 Å². The number of nitrogens with one attached hydrogen (secondary N) is 1. The SMILES string of the molecule is CC1CC(C)CN(CC(C)NC(=O)C2CC2c2ccco2)C1. The summed E-state index contributed by atoms with van der Waals surface area (Å²) in [6, 6.07) is 4.07. The molecule has 0 spiro atoms. The Morgan fingerprint density at radius 1 is 1.36 bits per heavy atom. The first-order chi connectivity index (χ1) is 10.5. The molecular weight excluding hydrogens is 276 g/mol. The van der Waals surface area contributed by atoms with Gasteiger partial charge in [-0.15, -0.1) is 0 Å². The van der Waals surface area contributed by atoms with Crippen molar-refractivity contribution in [2.45, 2.75) is 45.6 Å². The van der Waals surface area contributed by atoms with Crippen LogP contribution in [0.15, 0.2) is 22.8 Å². The summed E-state index contributed by atoms with van der Waals surface area (Å²) in [6.45, 7) is 10.0. The minimum absolute atomic E-state index is 0.104. The first-order valence-corrected chi connectivity index (χ1v) is 8.59. The van der Waals surface area contributed by atoms with Gasteiger partial charge in [0.25, 0.3) is 0 Å². The fraction of sp³-hybridized carbons (Fsp3) is 0.722. The van der Waals surface area contributed by atoms with E-state index in [9.17, 15) is 4.79 Å². The molecule has 1 aromatic heterocycles. The zero-order valence-corrected chi connectivity index (χ0v) is 13.9. The van der Waals surface area contributed by atoms with E-state index in [1.54, 1.807) is 6.26 Å². The van der Waals surface area contributed by atoms with Crippen molar-refractivity contribution in [1.29, 1.82) is 0 Å². The van der Waals surface area contributed by atoms with Gasteiger partial charge < -0.3 is 14.6 Å². The van der Waals surface area contributed by atoms with Gasteiger partial charge >= 0.3 is 0 Å². The molecule has 0 bridgehead atoms. The Labute approximate surface area is 133 Å². The number of nitrogens with zero attached hydrogens (tertiary/aromatic N) is 1. The summed E-state index contributed by atoms with van der Waals surface area (Å²) >= 11 is 0. The smallest absolute Gasteiger partial charge is 0.224 e. The number of likely N-dealkylation sites (tertiary alicyclic amines) is 1. The molecule has 2 heterocycles. The van der Waals surface area contributed by atoms with E-state index in [2.05, 4.69) is 31.0 Å². The standard InChI is InChI=1S/C18H28N2O2/c1-12-7-13(2)10-20(9-12)11-14(3)19-18(21)16-8-15(16)17-5-4-6-22-17/h4-6,12-16H,7-11H2,1-3H3,(H,19,21). The first-order valence-electron chi connectivity index (χ1n) is 8.59. The summed E-state index contributed by atoms with van der Waals surface area (Å²) in [5.74, 6) is 3.06. The molecule has 2 aliphatic rings. The van der Waals surface area contributed by atoms with Gasteiger partial charge in [0.05, 0.1) is 6.26 Å².